The predicted octanol–water partition coefficient (Wildman–Crippen LogP) is 4.42. The van der Waals surface area contributed by atoms with Gasteiger partial charge in [0.1, 0.15) is 5.75 Å². The first-order valence-electron chi connectivity index (χ1n) is 10.4. The number of thiazole rings is 1. The van der Waals surface area contributed by atoms with E-state index in [2.05, 4.69) is 29.5 Å². The third-order valence-corrected chi connectivity index (χ3v) is 6.62. The van der Waals surface area contributed by atoms with Crippen molar-refractivity contribution in [1.29, 1.82) is 0 Å². The summed E-state index contributed by atoms with van der Waals surface area (Å²) in [5, 5.41) is 8.49. The average molecular weight is 450 g/mol. The Balaban J connectivity index is 1.47. The monoisotopic (exact) mass is 449 g/mol. The van der Waals surface area contributed by atoms with Crippen LogP contribution in [0.5, 0.6) is 5.75 Å². The zero-order valence-corrected chi connectivity index (χ0v) is 19.7. The molecular weight excluding hydrogens is 422 g/mol. The highest BCUT2D eigenvalue weighted by molar-refractivity contribution is 7.22. The van der Waals surface area contributed by atoms with Gasteiger partial charge in [-0.3, -0.25) is 4.79 Å². The van der Waals surface area contributed by atoms with Crippen molar-refractivity contribution < 1.29 is 9.53 Å². The molecule has 0 unspecified atom stereocenters. The summed E-state index contributed by atoms with van der Waals surface area (Å²) >= 11 is 1.55. The average Bonchev–Trinajstić information content (AvgIpc) is 3.35. The number of ether oxygens (including phenoxy) is 1. The fraction of sp³-hybridized carbons (Fsp3) is 0.292. The first-order valence-corrected chi connectivity index (χ1v) is 11.2. The van der Waals surface area contributed by atoms with Crippen molar-refractivity contribution in [2.75, 3.05) is 25.6 Å². The largest absolute Gasteiger partial charge is 0.497 e. The molecule has 8 heteroatoms. The SMILES string of the molecule is COc1ccc([C@@H](C)NC(=O)CN(C)c2nc3c(s2)c(C)nn3-c2ccc(C)cc2)cc1. The second kappa shape index (κ2) is 9.00. The standard InChI is InChI=1S/C24H27N5O2S/c1-15-6-10-19(11-7-15)29-23-22(17(3)27-29)32-24(26-23)28(4)14-21(30)25-16(2)18-8-12-20(31-5)13-9-18/h6-13,16H,14H2,1-5H3,(H,25,30)/t16-/m1/s1. The Hall–Kier alpha value is -3.39. The van der Waals surface area contributed by atoms with Gasteiger partial charge in [0.15, 0.2) is 10.8 Å². The summed E-state index contributed by atoms with van der Waals surface area (Å²) < 4.78 is 8.09. The summed E-state index contributed by atoms with van der Waals surface area (Å²) in [5.41, 5.74) is 4.93. The Morgan fingerprint density at radius 2 is 1.84 bits per heavy atom. The maximum atomic E-state index is 12.7. The maximum absolute atomic E-state index is 12.7. The van der Waals surface area contributed by atoms with Gasteiger partial charge in [0.05, 0.1) is 35.8 Å². The van der Waals surface area contributed by atoms with E-state index in [0.717, 1.165) is 38.2 Å². The van der Waals surface area contributed by atoms with Crippen LogP contribution in [-0.4, -0.2) is 41.4 Å². The molecule has 0 spiro atoms. The number of nitrogens with one attached hydrogen (secondary N) is 1. The Morgan fingerprint density at radius 1 is 1.16 bits per heavy atom. The third-order valence-electron chi connectivity index (χ3n) is 5.36. The second-order valence-electron chi connectivity index (χ2n) is 7.90. The van der Waals surface area contributed by atoms with E-state index in [9.17, 15) is 4.79 Å². The van der Waals surface area contributed by atoms with Gasteiger partial charge in [-0.25, -0.2) is 4.68 Å². The van der Waals surface area contributed by atoms with E-state index in [1.54, 1.807) is 18.4 Å². The second-order valence-corrected chi connectivity index (χ2v) is 8.88. The Kier molecular flexibility index (Phi) is 6.14. The van der Waals surface area contributed by atoms with Crippen LogP contribution in [0.25, 0.3) is 16.0 Å². The van der Waals surface area contributed by atoms with Crippen molar-refractivity contribution in [2.24, 2.45) is 0 Å². The molecule has 0 aliphatic heterocycles. The topological polar surface area (TPSA) is 72.3 Å². The number of benzene rings is 2. The van der Waals surface area contributed by atoms with Crippen LogP contribution in [0.15, 0.2) is 48.5 Å². The molecule has 0 aliphatic carbocycles. The lowest BCUT2D eigenvalue weighted by Gasteiger charge is -2.19. The molecule has 0 saturated heterocycles. The van der Waals surface area contributed by atoms with Crippen molar-refractivity contribution in [1.82, 2.24) is 20.1 Å². The minimum atomic E-state index is -0.102. The first kappa shape index (κ1) is 21.8. The number of anilines is 1. The molecule has 4 aromatic rings. The minimum Gasteiger partial charge on any atom is -0.497 e. The van der Waals surface area contributed by atoms with Crippen molar-refractivity contribution in [3.63, 3.8) is 0 Å². The van der Waals surface area contributed by atoms with Crippen molar-refractivity contribution >= 4 is 32.7 Å². The first-order chi connectivity index (χ1) is 15.4. The van der Waals surface area contributed by atoms with E-state index in [0.29, 0.717) is 0 Å². The highest BCUT2D eigenvalue weighted by Crippen LogP contribution is 2.32. The molecule has 0 bridgehead atoms. The van der Waals surface area contributed by atoms with E-state index in [-0.39, 0.29) is 18.5 Å². The van der Waals surface area contributed by atoms with Crippen LogP contribution < -0.4 is 15.0 Å². The summed E-state index contributed by atoms with van der Waals surface area (Å²) in [7, 11) is 3.52. The molecule has 1 N–H and O–H groups in total. The zero-order chi connectivity index (χ0) is 22.8. The summed E-state index contributed by atoms with van der Waals surface area (Å²) in [6, 6.07) is 15.8. The van der Waals surface area contributed by atoms with E-state index in [4.69, 9.17) is 9.72 Å². The molecule has 1 amide bonds. The Bertz CT molecular complexity index is 1230. The van der Waals surface area contributed by atoms with Gasteiger partial charge in [-0.1, -0.05) is 41.2 Å². The van der Waals surface area contributed by atoms with Crippen LogP contribution in [0.3, 0.4) is 0 Å². The van der Waals surface area contributed by atoms with Crippen molar-refractivity contribution in [3.8, 4) is 11.4 Å². The molecule has 0 aliphatic rings. The molecule has 1 atom stereocenters. The zero-order valence-electron chi connectivity index (χ0n) is 18.9. The number of carbonyl (C=O) groups is 1. The highest BCUT2D eigenvalue weighted by atomic mass is 32.1. The van der Waals surface area contributed by atoms with Crippen LogP contribution in [-0.2, 0) is 4.79 Å². The van der Waals surface area contributed by atoms with E-state index < -0.39 is 0 Å². The van der Waals surface area contributed by atoms with Crippen molar-refractivity contribution in [2.45, 2.75) is 26.8 Å². The fourth-order valence-electron chi connectivity index (χ4n) is 3.50. The number of aryl methyl sites for hydroxylation is 2. The molecule has 0 radical (unpaired) electrons. The minimum absolute atomic E-state index is 0.0630. The Morgan fingerprint density at radius 3 is 2.50 bits per heavy atom. The number of hydrogen-bond donors (Lipinski definition) is 1. The Labute approximate surface area is 191 Å². The van der Waals surface area contributed by atoms with E-state index in [1.165, 1.54) is 5.56 Å². The maximum Gasteiger partial charge on any atom is 0.240 e. The number of hydrogen-bond acceptors (Lipinski definition) is 6. The smallest absolute Gasteiger partial charge is 0.240 e. The van der Waals surface area contributed by atoms with E-state index >= 15 is 0 Å². The molecule has 2 aromatic heterocycles. The van der Waals surface area contributed by atoms with Crippen LogP contribution in [0.4, 0.5) is 5.13 Å². The summed E-state index contributed by atoms with van der Waals surface area (Å²) in [5.74, 6) is 0.731. The summed E-state index contributed by atoms with van der Waals surface area (Å²) in [6.45, 7) is 6.23. The van der Waals surface area contributed by atoms with Gasteiger partial charge >= 0.3 is 0 Å². The van der Waals surface area contributed by atoms with Gasteiger partial charge in [-0.05, 0) is 50.6 Å². The molecule has 2 aromatic carbocycles. The number of fused-ring (bicyclic) bond motifs is 1. The van der Waals surface area contributed by atoms with Crippen LogP contribution in [0.2, 0.25) is 0 Å². The van der Waals surface area contributed by atoms with E-state index in [1.807, 2.05) is 66.9 Å². The number of methoxy groups -OCH3 is 1. The number of rotatable bonds is 7. The van der Waals surface area contributed by atoms with Gasteiger partial charge in [0.25, 0.3) is 0 Å². The highest BCUT2D eigenvalue weighted by Gasteiger charge is 2.19. The normalized spacial score (nSPS) is 12.0. The molecule has 7 nitrogen and oxygen atoms in total. The van der Waals surface area contributed by atoms with Crippen LogP contribution in [0, 0.1) is 13.8 Å². The quantitative estimate of drug-likeness (QED) is 0.452. The molecule has 0 saturated carbocycles. The number of likely N-dealkylation sites (N-methyl/N-ethyl adjacent to an activating group) is 1. The van der Waals surface area contributed by atoms with Gasteiger partial charge in [0, 0.05) is 7.05 Å². The fourth-order valence-corrected chi connectivity index (χ4v) is 4.45. The van der Waals surface area contributed by atoms with Crippen molar-refractivity contribution in [3.05, 3.63) is 65.4 Å². The van der Waals surface area contributed by atoms with Crippen LogP contribution >= 0.6 is 11.3 Å². The van der Waals surface area contributed by atoms with Gasteiger partial charge in [-0.15, -0.1) is 0 Å². The lowest BCUT2D eigenvalue weighted by molar-refractivity contribution is -0.120. The molecule has 166 valence electrons. The molecule has 0 fully saturated rings. The van der Waals surface area contributed by atoms with Gasteiger partial charge in [0.2, 0.25) is 5.91 Å². The van der Waals surface area contributed by atoms with Gasteiger partial charge < -0.3 is 15.0 Å². The number of aromatic nitrogens is 3. The number of amides is 1. The number of nitrogens with zero attached hydrogens (tertiary/aromatic N) is 4. The lowest BCUT2D eigenvalue weighted by Crippen LogP contribution is -2.36. The predicted molar refractivity (Wildman–Crippen MR) is 129 cm³/mol. The summed E-state index contributed by atoms with van der Waals surface area (Å²) in [6.07, 6.45) is 0. The molecule has 2 heterocycles. The molecular formula is C24H27N5O2S. The molecule has 32 heavy (non-hydrogen) atoms. The molecule has 4 rings (SSSR count). The lowest BCUT2D eigenvalue weighted by atomic mass is 10.1. The number of carbonyl (C=O) groups excluding carboxylic acids is 1. The van der Waals surface area contributed by atoms with Crippen LogP contribution in [0.1, 0.15) is 29.8 Å². The summed E-state index contributed by atoms with van der Waals surface area (Å²) in [4.78, 5) is 19.3. The van der Waals surface area contributed by atoms with Gasteiger partial charge in [-0.2, -0.15) is 10.1 Å². The third kappa shape index (κ3) is 4.45.